The van der Waals surface area contributed by atoms with Crippen LogP contribution in [0.1, 0.15) is 20.8 Å². The summed E-state index contributed by atoms with van der Waals surface area (Å²) < 4.78 is 26.7. The molecule has 0 fully saturated rings. The van der Waals surface area contributed by atoms with Crippen molar-refractivity contribution in [3.63, 3.8) is 0 Å². The number of hydrogen-bond donors (Lipinski definition) is 3. The Morgan fingerprint density at radius 3 is 2.29 bits per heavy atom. The van der Waals surface area contributed by atoms with E-state index in [0.29, 0.717) is 31.0 Å². The number of hydrogen-bond acceptors (Lipinski definition) is 5. The van der Waals surface area contributed by atoms with Crippen LogP contribution < -0.4 is 16.0 Å². The molecule has 0 aliphatic carbocycles. The van der Waals surface area contributed by atoms with E-state index in [1.165, 1.54) is 10.4 Å². The maximum Gasteiger partial charge on any atom is 0.243 e. The Morgan fingerprint density at radius 1 is 1.17 bits per heavy atom. The number of carbonyl (C=O) groups excluding carboxylic acids is 1. The van der Waals surface area contributed by atoms with Gasteiger partial charge in [0, 0.05) is 32.6 Å². The highest BCUT2D eigenvalue weighted by molar-refractivity contribution is 7.89. The second-order valence-electron chi connectivity index (χ2n) is 5.49. The van der Waals surface area contributed by atoms with Crippen LogP contribution in [0.4, 0.5) is 11.4 Å². The lowest BCUT2D eigenvalue weighted by atomic mass is 10.1. The van der Waals surface area contributed by atoms with Crippen LogP contribution in [0.3, 0.4) is 0 Å². The highest BCUT2D eigenvalue weighted by Crippen LogP contribution is 2.27. The number of nitrogens with one attached hydrogen (secondary N) is 3. The third-order valence-electron chi connectivity index (χ3n) is 3.82. The molecule has 24 heavy (non-hydrogen) atoms. The van der Waals surface area contributed by atoms with Gasteiger partial charge in [0.1, 0.15) is 0 Å². The molecule has 1 atom stereocenters. The van der Waals surface area contributed by atoms with E-state index in [4.69, 9.17) is 0 Å². The van der Waals surface area contributed by atoms with Gasteiger partial charge in [-0.2, -0.15) is 4.31 Å². The normalized spacial score (nSPS) is 12.9. The van der Waals surface area contributed by atoms with E-state index in [9.17, 15) is 13.2 Å². The quantitative estimate of drug-likeness (QED) is 0.625. The van der Waals surface area contributed by atoms with E-state index in [0.717, 1.165) is 0 Å². The molecule has 0 saturated carbocycles. The average Bonchev–Trinajstić information content (AvgIpc) is 2.55. The average molecular weight is 356 g/mol. The SMILES string of the molecule is CCN(CC)S(=O)(=O)c1ccc(NC)c(NC(=O)C(C)CNC)c1. The molecular weight excluding hydrogens is 328 g/mol. The fourth-order valence-electron chi connectivity index (χ4n) is 2.37. The van der Waals surface area contributed by atoms with Gasteiger partial charge < -0.3 is 16.0 Å². The van der Waals surface area contributed by atoms with Gasteiger partial charge in [0.05, 0.1) is 16.3 Å². The lowest BCUT2D eigenvalue weighted by molar-refractivity contribution is -0.119. The predicted octanol–water partition coefficient (Wildman–Crippen LogP) is 1.55. The van der Waals surface area contributed by atoms with Gasteiger partial charge in [-0.05, 0) is 25.2 Å². The maximum absolute atomic E-state index is 12.7. The zero-order valence-electron chi connectivity index (χ0n) is 15.0. The molecule has 3 N–H and O–H groups in total. The molecule has 0 saturated heterocycles. The first-order valence-corrected chi connectivity index (χ1v) is 9.53. The molecule has 1 rings (SSSR count). The molecule has 1 aromatic rings. The molecule has 136 valence electrons. The molecule has 1 unspecified atom stereocenters. The third-order valence-corrected chi connectivity index (χ3v) is 5.87. The molecule has 0 heterocycles. The van der Waals surface area contributed by atoms with Crippen molar-refractivity contribution in [3.05, 3.63) is 18.2 Å². The van der Waals surface area contributed by atoms with Crippen LogP contribution in [0.15, 0.2) is 23.1 Å². The molecule has 0 aliphatic heterocycles. The molecule has 0 spiro atoms. The van der Waals surface area contributed by atoms with E-state index < -0.39 is 10.0 Å². The zero-order valence-corrected chi connectivity index (χ0v) is 15.8. The maximum atomic E-state index is 12.7. The van der Waals surface area contributed by atoms with E-state index in [-0.39, 0.29) is 16.7 Å². The molecule has 0 aliphatic rings. The lowest BCUT2D eigenvalue weighted by Gasteiger charge is -2.20. The Bertz CT molecular complexity index is 657. The molecule has 0 aromatic heterocycles. The summed E-state index contributed by atoms with van der Waals surface area (Å²) in [6, 6.07) is 4.71. The number of sulfonamides is 1. The van der Waals surface area contributed by atoms with Crippen LogP contribution in [0.2, 0.25) is 0 Å². The van der Waals surface area contributed by atoms with Gasteiger partial charge in [-0.15, -0.1) is 0 Å². The van der Waals surface area contributed by atoms with E-state index in [2.05, 4.69) is 16.0 Å². The molecule has 1 amide bonds. The Balaban J connectivity index is 3.19. The van der Waals surface area contributed by atoms with Gasteiger partial charge in [-0.25, -0.2) is 8.42 Å². The van der Waals surface area contributed by atoms with Crippen molar-refractivity contribution in [2.75, 3.05) is 44.4 Å². The number of nitrogens with zero attached hydrogens (tertiary/aromatic N) is 1. The molecule has 0 bridgehead atoms. The van der Waals surface area contributed by atoms with Crippen LogP contribution in [0.25, 0.3) is 0 Å². The first-order chi connectivity index (χ1) is 11.3. The van der Waals surface area contributed by atoms with Crippen molar-refractivity contribution in [3.8, 4) is 0 Å². The minimum atomic E-state index is -3.57. The molecule has 8 heteroatoms. The van der Waals surface area contributed by atoms with Gasteiger partial charge in [-0.1, -0.05) is 20.8 Å². The first-order valence-electron chi connectivity index (χ1n) is 8.09. The summed E-state index contributed by atoms with van der Waals surface area (Å²) >= 11 is 0. The Kier molecular flexibility index (Phi) is 7.65. The molecule has 7 nitrogen and oxygen atoms in total. The summed E-state index contributed by atoms with van der Waals surface area (Å²) in [5, 5.41) is 8.73. The minimum Gasteiger partial charge on any atom is -0.386 e. The van der Waals surface area contributed by atoms with E-state index in [1.807, 2.05) is 0 Å². The first kappa shape index (κ1) is 20.4. The van der Waals surface area contributed by atoms with Crippen molar-refractivity contribution >= 4 is 27.3 Å². The zero-order chi connectivity index (χ0) is 18.3. The Morgan fingerprint density at radius 2 is 1.79 bits per heavy atom. The number of rotatable bonds is 9. The Labute approximate surface area is 144 Å². The summed E-state index contributed by atoms with van der Waals surface area (Å²) in [7, 11) is -0.0724. The number of anilines is 2. The topological polar surface area (TPSA) is 90.5 Å². The van der Waals surface area contributed by atoms with Crippen LogP contribution in [0.5, 0.6) is 0 Å². The van der Waals surface area contributed by atoms with Crippen LogP contribution >= 0.6 is 0 Å². The summed E-state index contributed by atoms with van der Waals surface area (Å²) in [6.07, 6.45) is 0. The van der Waals surface area contributed by atoms with E-state index in [1.54, 1.807) is 47.0 Å². The van der Waals surface area contributed by atoms with Crippen molar-refractivity contribution in [1.29, 1.82) is 0 Å². The second kappa shape index (κ2) is 9.00. The lowest BCUT2D eigenvalue weighted by Crippen LogP contribution is -2.31. The summed E-state index contributed by atoms with van der Waals surface area (Å²) in [5.74, 6) is -0.402. The van der Waals surface area contributed by atoms with Crippen molar-refractivity contribution in [2.45, 2.75) is 25.7 Å². The molecule has 1 aromatic carbocycles. The van der Waals surface area contributed by atoms with Crippen LogP contribution in [-0.2, 0) is 14.8 Å². The minimum absolute atomic E-state index is 0.168. The monoisotopic (exact) mass is 356 g/mol. The molecular formula is C16H28N4O3S. The van der Waals surface area contributed by atoms with Crippen molar-refractivity contribution < 1.29 is 13.2 Å². The second-order valence-corrected chi connectivity index (χ2v) is 7.43. The third kappa shape index (κ3) is 4.68. The van der Waals surface area contributed by atoms with Gasteiger partial charge in [0.15, 0.2) is 0 Å². The van der Waals surface area contributed by atoms with Crippen molar-refractivity contribution in [2.24, 2.45) is 5.92 Å². The summed E-state index contributed by atoms with van der Waals surface area (Å²) in [5.41, 5.74) is 1.12. The summed E-state index contributed by atoms with van der Waals surface area (Å²) in [4.78, 5) is 12.4. The molecule has 0 radical (unpaired) electrons. The van der Waals surface area contributed by atoms with E-state index >= 15 is 0 Å². The highest BCUT2D eigenvalue weighted by atomic mass is 32.2. The van der Waals surface area contributed by atoms with Crippen molar-refractivity contribution in [1.82, 2.24) is 9.62 Å². The highest BCUT2D eigenvalue weighted by Gasteiger charge is 2.23. The number of amides is 1. The smallest absolute Gasteiger partial charge is 0.243 e. The van der Waals surface area contributed by atoms with Gasteiger partial charge in [0.2, 0.25) is 15.9 Å². The van der Waals surface area contributed by atoms with Gasteiger partial charge in [0.25, 0.3) is 0 Å². The predicted molar refractivity (Wildman–Crippen MR) is 97.8 cm³/mol. The summed E-state index contributed by atoms with van der Waals surface area (Å²) in [6.45, 7) is 6.73. The standard InChI is InChI=1S/C16H28N4O3S/c1-6-20(7-2)24(22,23)13-8-9-14(18-5)15(10-13)19-16(21)12(3)11-17-4/h8-10,12,17-18H,6-7,11H2,1-5H3,(H,19,21). The Hall–Kier alpha value is -1.64. The number of carbonyl (C=O) groups is 1. The van der Waals surface area contributed by atoms with Gasteiger partial charge in [-0.3, -0.25) is 4.79 Å². The van der Waals surface area contributed by atoms with Crippen LogP contribution in [0, 0.1) is 5.92 Å². The van der Waals surface area contributed by atoms with Gasteiger partial charge >= 0.3 is 0 Å². The number of benzene rings is 1. The largest absolute Gasteiger partial charge is 0.386 e. The fourth-order valence-corrected chi connectivity index (χ4v) is 3.86. The fraction of sp³-hybridized carbons (Fsp3) is 0.562. The van der Waals surface area contributed by atoms with Crippen LogP contribution in [-0.4, -0.2) is 52.4 Å².